The van der Waals surface area contributed by atoms with Crippen LogP contribution in [0.1, 0.15) is 17.4 Å². The Morgan fingerprint density at radius 2 is 1.91 bits per heavy atom. The molecule has 5 heterocycles. The maximum Gasteiger partial charge on any atom is 0.239 e. The van der Waals surface area contributed by atoms with Crippen molar-refractivity contribution in [1.82, 2.24) is 34.7 Å². The fourth-order valence-electron chi connectivity index (χ4n) is 3.45. The molecule has 168 valence electrons. The highest BCUT2D eigenvalue weighted by molar-refractivity contribution is 7.92. The molecule has 5 rings (SSSR count). The lowest BCUT2D eigenvalue weighted by Crippen LogP contribution is -2.24. The van der Waals surface area contributed by atoms with Crippen molar-refractivity contribution < 1.29 is 13.2 Å². The molecule has 1 aliphatic rings. The summed E-state index contributed by atoms with van der Waals surface area (Å²) < 4.78 is 35.9. The van der Waals surface area contributed by atoms with Crippen molar-refractivity contribution in [3.8, 4) is 17.3 Å². The molecule has 1 aliphatic heterocycles. The van der Waals surface area contributed by atoms with Gasteiger partial charge in [-0.2, -0.15) is 0 Å². The van der Waals surface area contributed by atoms with Crippen LogP contribution in [0, 0.1) is 0 Å². The fourth-order valence-corrected chi connectivity index (χ4v) is 4.52. The zero-order valence-electron chi connectivity index (χ0n) is 17.0. The van der Waals surface area contributed by atoms with Crippen LogP contribution in [0.4, 0.5) is 5.95 Å². The van der Waals surface area contributed by atoms with Crippen LogP contribution >= 0.6 is 11.6 Å². The first-order chi connectivity index (χ1) is 16.0. The summed E-state index contributed by atoms with van der Waals surface area (Å²) in [5.74, 6) is 1.01. The third kappa shape index (κ3) is 4.47. The Morgan fingerprint density at radius 3 is 2.70 bits per heavy atom. The van der Waals surface area contributed by atoms with Gasteiger partial charge in [-0.1, -0.05) is 17.7 Å². The van der Waals surface area contributed by atoms with Crippen LogP contribution in [0.2, 0.25) is 5.02 Å². The van der Waals surface area contributed by atoms with Gasteiger partial charge in [-0.25, -0.2) is 23.4 Å². The van der Waals surface area contributed by atoms with Crippen LogP contribution < -0.4 is 9.46 Å². The second kappa shape index (κ2) is 8.71. The Morgan fingerprint density at radius 1 is 1.09 bits per heavy atom. The highest BCUT2D eigenvalue weighted by Crippen LogP contribution is 2.36. The van der Waals surface area contributed by atoms with Crippen LogP contribution in [0.15, 0.2) is 55.2 Å². The molecule has 4 aromatic heterocycles. The van der Waals surface area contributed by atoms with Crippen molar-refractivity contribution in [2.45, 2.75) is 12.5 Å². The Labute approximate surface area is 193 Å². The molecule has 13 heteroatoms. The van der Waals surface area contributed by atoms with Gasteiger partial charge < -0.3 is 4.74 Å². The summed E-state index contributed by atoms with van der Waals surface area (Å²) in [6.45, 7) is 0.189. The summed E-state index contributed by atoms with van der Waals surface area (Å²) in [5.41, 5.74) is 1.41. The SMILES string of the molecule is O=S(=O)(CCc1ncc(Cl)cn1)Nc1nnc2n1[C@@H](c1cccnc1)COc1ncccc1-2. The molecule has 0 radical (unpaired) electrons. The topological polar surface area (TPSA) is 138 Å². The van der Waals surface area contributed by atoms with Crippen LogP contribution in [0.5, 0.6) is 5.88 Å². The van der Waals surface area contributed by atoms with Crippen LogP contribution in [0.3, 0.4) is 0 Å². The van der Waals surface area contributed by atoms with Gasteiger partial charge in [0.25, 0.3) is 0 Å². The molecular weight excluding hydrogens is 468 g/mol. The third-order valence-corrected chi connectivity index (χ3v) is 6.41. The second-order valence-corrected chi connectivity index (χ2v) is 9.45. The molecule has 11 nitrogen and oxygen atoms in total. The molecule has 0 spiro atoms. The van der Waals surface area contributed by atoms with Crippen molar-refractivity contribution >= 4 is 27.6 Å². The predicted octanol–water partition coefficient (Wildman–Crippen LogP) is 2.14. The average molecular weight is 485 g/mol. The Bertz CT molecular complexity index is 1380. The van der Waals surface area contributed by atoms with Crippen LogP contribution in [-0.4, -0.2) is 55.5 Å². The lowest BCUT2D eigenvalue weighted by molar-refractivity contribution is 0.271. The van der Waals surface area contributed by atoms with Crippen LogP contribution in [0.25, 0.3) is 11.4 Å². The van der Waals surface area contributed by atoms with Gasteiger partial charge in [-0.3, -0.25) is 14.3 Å². The van der Waals surface area contributed by atoms with E-state index in [1.807, 2.05) is 6.07 Å². The minimum Gasteiger partial charge on any atom is -0.475 e. The highest BCUT2D eigenvalue weighted by Gasteiger charge is 2.31. The van der Waals surface area contributed by atoms with E-state index in [0.29, 0.717) is 28.1 Å². The van der Waals surface area contributed by atoms with Gasteiger partial charge in [-0.15, -0.1) is 10.2 Å². The molecule has 1 atom stereocenters. The molecule has 4 aromatic rings. The predicted molar refractivity (Wildman–Crippen MR) is 119 cm³/mol. The fraction of sp³-hybridized carbons (Fsp3) is 0.200. The smallest absolute Gasteiger partial charge is 0.239 e. The summed E-state index contributed by atoms with van der Waals surface area (Å²) in [7, 11) is -3.80. The summed E-state index contributed by atoms with van der Waals surface area (Å²) in [4.78, 5) is 16.5. The molecular formula is C20H17ClN8O3S. The van der Waals surface area contributed by atoms with E-state index in [-0.39, 0.29) is 24.7 Å². The highest BCUT2D eigenvalue weighted by atomic mass is 35.5. The molecule has 0 fully saturated rings. The summed E-state index contributed by atoms with van der Waals surface area (Å²) in [5, 5.41) is 8.77. The van der Waals surface area contributed by atoms with Gasteiger partial charge in [0.05, 0.1) is 22.4 Å². The summed E-state index contributed by atoms with van der Waals surface area (Å²) >= 11 is 5.78. The number of pyridine rings is 2. The standard InChI is InChI=1S/C20H17ClN8O3S/c21-14-10-24-17(25-11-14)5-8-33(30,31)28-20-27-26-18-15-4-2-7-23-19(15)32-12-16(29(18)20)13-3-1-6-22-9-13/h1-4,6-7,9-11,16H,5,8,12H2,(H,27,28)/t16-/m1/s1. The average Bonchev–Trinajstić information content (AvgIpc) is 3.14. The molecule has 0 amide bonds. The van der Waals surface area contributed by atoms with E-state index < -0.39 is 16.1 Å². The number of nitrogens with zero attached hydrogens (tertiary/aromatic N) is 7. The Hall–Kier alpha value is -3.64. The number of hydrogen-bond acceptors (Lipinski definition) is 9. The largest absolute Gasteiger partial charge is 0.475 e. The van der Waals surface area contributed by atoms with Crippen molar-refractivity contribution in [2.75, 3.05) is 17.1 Å². The first-order valence-corrected chi connectivity index (χ1v) is 11.9. The van der Waals surface area contributed by atoms with Crippen molar-refractivity contribution in [3.05, 3.63) is 71.7 Å². The number of sulfonamides is 1. The second-order valence-electron chi connectivity index (χ2n) is 7.17. The quantitative estimate of drug-likeness (QED) is 0.436. The van der Waals surface area contributed by atoms with Gasteiger partial charge in [0.15, 0.2) is 5.82 Å². The van der Waals surface area contributed by atoms with Gasteiger partial charge in [-0.05, 0) is 23.8 Å². The molecule has 0 unspecified atom stereocenters. The van der Waals surface area contributed by atoms with E-state index in [4.69, 9.17) is 16.3 Å². The van der Waals surface area contributed by atoms with Gasteiger partial charge in [0.1, 0.15) is 12.4 Å². The van der Waals surface area contributed by atoms with E-state index in [2.05, 4.69) is 34.9 Å². The maximum atomic E-state index is 12.9. The first-order valence-electron chi connectivity index (χ1n) is 9.90. The van der Waals surface area contributed by atoms with Gasteiger partial charge in [0, 0.05) is 37.4 Å². The molecule has 0 aliphatic carbocycles. The maximum absolute atomic E-state index is 12.9. The minimum atomic E-state index is -3.80. The third-order valence-electron chi connectivity index (χ3n) is 4.98. The number of halogens is 1. The number of rotatable bonds is 6. The van der Waals surface area contributed by atoms with Gasteiger partial charge in [0.2, 0.25) is 21.9 Å². The lowest BCUT2D eigenvalue weighted by atomic mass is 10.1. The van der Waals surface area contributed by atoms with E-state index in [0.717, 1.165) is 5.56 Å². The minimum absolute atomic E-state index is 0.0659. The monoisotopic (exact) mass is 484 g/mol. The zero-order chi connectivity index (χ0) is 22.8. The van der Waals surface area contributed by atoms with Crippen molar-refractivity contribution in [1.29, 1.82) is 0 Å². The van der Waals surface area contributed by atoms with E-state index in [1.54, 1.807) is 41.4 Å². The van der Waals surface area contributed by atoms with E-state index in [9.17, 15) is 8.42 Å². The number of nitrogens with one attached hydrogen (secondary N) is 1. The number of hydrogen-bond donors (Lipinski definition) is 1. The number of ether oxygens (including phenoxy) is 1. The number of fused-ring (bicyclic) bond motifs is 3. The molecule has 0 saturated heterocycles. The first kappa shape index (κ1) is 21.2. The lowest BCUT2D eigenvalue weighted by Gasteiger charge is -2.19. The van der Waals surface area contributed by atoms with Crippen molar-refractivity contribution in [3.63, 3.8) is 0 Å². The zero-order valence-corrected chi connectivity index (χ0v) is 18.6. The van der Waals surface area contributed by atoms with E-state index >= 15 is 0 Å². The summed E-state index contributed by atoms with van der Waals surface area (Å²) in [6, 6.07) is 6.79. The molecule has 33 heavy (non-hydrogen) atoms. The van der Waals surface area contributed by atoms with Crippen LogP contribution in [-0.2, 0) is 16.4 Å². The Kier molecular flexibility index (Phi) is 5.60. The van der Waals surface area contributed by atoms with E-state index in [1.165, 1.54) is 12.4 Å². The van der Waals surface area contributed by atoms with Crippen molar-refractivity contribution in [2.24, 2.45) is 0 Å². The number of aryl methyl sites for hydroxylation is 1. The molecule has 0 saturated carbocycles. The number of anilines is 1. The molecule has 0 aromatic carbocycles. The normalized spacial score (nSPS) is 15.1. The van der Waals surface area contributed by atoms with Gasteiger partial charge >= 0.3 is 0 Å². The Balaban J connectivity index is 1.49. The molecule has 1 N–H and O–H groups in total. The number of aromatic nitrogens is 7. The summed E-state index contributed by atoms with van der Waals surface area (Å²) in [6.07, 6.45) is 7.92. The molecule has 0 bridgehead atoms.